The molecule has 1 aromatic heterocycles. The van der Waals surface area contributed by atoms with Gasteiger partial charge in [0, 0.05) is 65.4 Å². The second-order valence-electron chi connectivity index (χ2n) is 10.1. The Morgan fingerprint density at radius 3 is 2.56 bits per heavy atom. The number of anilines is 1. The molecule has 2 aliphatic rings. The number of alkyl halides is 3. The summed E-state index contributed by atoms with van der Waals surface area (Å²) in [5.41, 5.74) is -3.19. The molecule has 0 spiro atoms. The maximum atomic E-state index is 15.1. The number of carbonyl (C=O) groups excluding carboxylic acids is 1. The van der Waals surface area contributed by atoms with Gasteiger partial charge in [-0.3, -0.25) is 9.36 Å². The standard InChI is InChI=1S/C28H27F5N4O3S/c1-5-22(38)36-14(2)10-35(11-15(36)3)26-19-9-20(28(31,32)33)23(18-7-6-16(29)8-21(18)30)25-24(19)37(27(39)34-26)17(12-40-4)13-41-25/h5-9,14-15,17H,1,10-13H2,2-4H3/t14-,15+,17-/m0/s1/i4D3. The third kappa shape index (κ3) is 4.99. The van der Waals surface area contributed by atoms with Crippen molar-refractivity contribution in [2.45, 2.75) is 43.0 Å². The lowest BCUT2D eigenvalue weighted by atomic mass is 9.95. The van der Waals surface area contributed by atoms with Crippen LogP contribution < -0.4 is 10.6 Å². The van der Waals surface area contributed by atoms with Gasteiger partial charge in [0.15, 0.2) is 0 Å². The van der Waals surface area contributed by atoms with E-state index in [1.54, 1.807) is 23.6 Å². The van der Waals surface area contributed by atoms with Gasteiger partial charge in [-0.2, -0.15) is 18.2 Å². The van der Waals surface area contributed by atoms with Gasteiger partial charge in [0.25, 0.3) is 0 Å². The molecule has 1 saturated heterocycles. The Labute approximate surface area is 240 Å². The molecule has 13 heteroatoms. The average Bonchev–Trinajstić information content (AvgIpc) is 2.92. The van der Waals surface area contributed by atoms with Crippen molar-refractivity contribution < 1.29 is 35.6 Å². The van der Waals surface area contributed by atoms with Gasteiger partial charge in [-0.1, -0.05) is 6.58 Å². The number of ether oxygens (including phenoxy) is 1. The molecule has 0 N–H and O–H groups in total. The minimum atomic E-state index is -5.00. The molecule has 5 rings (SSSR count). The highest BCUT2D eigenvalue weighted by Gasteiger charge is 2.41. The van der Waals surface area contributed by atoms with Crippen LogP contribution in [0.4, 0.5) is 27.8 Å². The summed E-state index contributed by atoms with van der Waals surface area (Å²) < 4.78 is 101. The molecule has 0 saturated carbocycles. The lowest BCUT2D eigenvalue weighted by Crippen LogP contribution is -2.58. The molecule has 3 aromatic rings. The molecule has 1 amide bonds. The van der Waals surface area contributed by atoms with Crippen molar-refractivity contribution in [2.75, 3.05) is 37.4 Å². The second-order valence-corrected chi connectivity index (χ2v) is 11.1. The van der Waals surface area contributed by atoms with Crippen LogP contribution in [0, 0.1) is 11.6 Å². The van der Waals surface area contributed by atoms with E-state index in [0.717, 1.165) is 34.5 Å². The highest BCUT2D eigenvalue weighted by Crippen LogP contribution is 2.50. The number of amides is 1. The van der Waals surface area contributed by atoms with E-state index < -0.39 is 72.0 Å². The first-order valence-corrected chi connectivity index (χ1v) is 13.6. The number of hydrogen-bond donors (Lipinski definition) is 0. The first kappa shape index (κ1) is 25.3. The van der Waals surface area contributed by atoms with E-state index in [1.165, 1.54) is 6.08 Å². The van der Waals surface area contributed by atoms with Crippen molar-refractivity contribution >= 4 is 34.4 Å². The fourth-order valence-corrected chi connectivity index (χ4v) is 7.08. The van der Waals surface area contributed by atoms with Crippen LogP contribution in [-0.4, -0.2) is 64.9 Å². The third-order valence-corrected chi connectivity index (χ3v) is 8.60. The number of thioether (sulfide) groups is 1. The van der Waals surface area contributed by atoms with Gasteiger partial charge in [-0.05, 0) is 38.1 Å². The molecule has 0 bridgehead atoms. The van der Waals surface area contributed by atoms with E-state index in [-0.39, 0.29) is 46.4 Å². The van der Waals surface area contributed by atoms with E-state index >= 15 is 4.39 Å². The first-order valence-electron chi connectivity index (χ1n) is 14.1. The molecule has 41 heavy (non-hydrogen) atoms. The molecule has 1 fully saturated rings. The number of benzene rings is 2. The summed E-state index contributed by atoms with van der Waals surface area (Å²) in [7, 11) is -2.81. The van der Waals surface area contributed by atoms with E-state index in [4.69, 9.17) is 8.85 Å². The molecule has 2 aromatic carbocycles. The minimum absolute atomic E-state index is 0.00739. The summed E-state index contributed by atoms with van der Waals surface area (Å²) in [5, 5.41) is -0.0767. The zero-order valence-electron chi connectivity index (χ0n) is 25.0. The zero-order valence-corrected chi connectivity index (χ0v) is 22.8. The Morgan fingerprint density at radius 2 is 1.95 bits per heavy atom. The SMILES string of the molecule is [2H]C([2H])([2H])OC[C@H]1CSc2c(-c3ccc(F)cc3F)c(C(F)(F)F)cc3c(N4C[C@@H](C)N(C(=O)C=C)[C@@H](C)C4)nc(=O)n1c23. The van der Waals surface area contributed by atoms with Crippen LogP contribution in [-0.2, 0) is 15.7 Å². The lowest BCUT2D eigenvalue weighted by Gasteiger charge is -2.45. The summed E-state index contributed by atoms with van der Waals surface area (Å²) in [6.07, 6.45) is -3.84. The smallest absolute Gasteiger partial charge is 0.383 e. The Morgan fingerprint density at radius 1 is 1.24 bits per heavy atom. The van der Waals surface area contributed by atoms with Gasteiger partial charge >= 0.3 is 11.9 Å². The average molecular weight is 598 g/mol. The van der Waals surface area contributed by atoms with Crippen molar-refractivity contribution in [2.24, 2.45) is 0 Å². The minimum Gasteiger partial charge on any atom is -0.383 e. The number of hydrogen-bond acceptors (Lipinski definition) is 6. The highest BCUT2D eigenvalue weighted by atomic mass is 32.2. The predicted molar refractivity (Wildman–Crippen MR) is 146 cm³/mol. The molecule has 7 nitrogen and oxygen atoms in total. The number of carbonyl (C=O) groups is 1. The fourth-order valence-electron chi connectivity index (χ4n) is 5.77. The van der Waals surface area contributed by atoms with Crippen LogP contribution in [0.15, 0.2) is 46.6 Å². The second kappa shape index (κ2) is 10.8. The normalized spacial score (nSPS) is 22.3. The Bertz CT molecular complexity index is 1700. The number of halogens is 5. The number of methoxy groups -OCH3 is 1. The van der Waals surface area contributed by atoms with Crippen molar-refractivity contribution in [3.05, 3.63) is 64.6 Å². The van der Waals surface area contributed by atoms with Gasteiger partial charge in [0.2, 0.25) is 5.91 Å². The maximum absolute atomic E-state index is 15.1. The largest absolute Gasteiger partial charge is 0.417 e. The summed E-state index contributed by atoms with van der Waals surface area (Å²) in [5.74, 6) is -2.69. The molecule has 0 unspecified atom stereocenters. The Kier molecular flexibility index (Phi) is 6.63. The molecule has 218 valence electrons. The summed E-state index contributed by atoms with van der Waals surface area (Å²) in [6, 6.07) is 1.22. The monoisotopic (exact) mass is 597 g/mol. The molecule has 0 radical (unpaired) electrons. The first-order chi connectivity index (χ1) is 20.5. The highest BCUT2D eigenvalue weighted by molar-refractivity contribution is 7.99. The number of piperazine rings is 1. The quantitative estimate of drug-likeness (QED) is 0.295. The number of rotatable bonds is 5. The van der Waals surface area contributed by atoms with Crippen LogP contribution in [0.2, 0.25) is 0 Å². The van der Waals surface area contributed by atoms with Crippen molar-refractivity contribution in [1.29, 1.82) is 0 Å². The van der Waals surface area contributed by atoms with E-state index in [9.17, 15) is 27.2 Å². The van der Waals surface area contributed by atoms with Crippen LogP contribution in [0.3, 0.4) is 0 Å². The van der Waals surface area contributed by atoms with Crippen LogP contribution in [0.25, 0.3) is 22.0 Å². The third-order valence-electron chi connectivity index (χ3n) is 7.36. The molecule has 3 atom stereocenters. The van der Waals surface area contributed by atoms with Gasteiger partial charge in [0.1, 0.15) is 17.5 Å². The maximum Gasteiger partial charge on any atom is 0.417 e. The van der Waals surface area contributed by atoms with Crippen LogP contribution >= 0.6 is 11.8 Å². The van der Waals surface area contributed by atoms with Crippen molar-refractivity contribution in [1.82, 2.24) is 14.5 Å². The number of aromatic nitrogens is 2. The van der Waals surface area contributed by atoms with E-state index in [1.807, 2.05) is 0 Å². The Hall–Kier alpha value is -3.45. The topological polar surface area (TPSA) is 67.7 Å². The van der Waals surface area contributed by atoms with Crippen molar-refractivity contribution in [3.63, 3.8) is 0 Å². The van der Waals surface area contributed by atoms with E-state index in [0.29, 0.717) is 6.07 Å². The Balaban J connectivity index is 1.81. The van der Waals surface area contributed by atoms with E-state index in [2.05, 4.69) is 11.6 Å². The van der Waals surface area contributed by atoms with Gasteiger partial charge in [-0.25, -0.2) is 13.6 Å². The zero-order chi connectivity index (χ0) is 32.3. The summed E-state index contributed by atoms with van der Waals surface area (Å²) >= 11 is 0.883. The fraction of sp³-hybridized carbons (Fsp3) is 0.393. The van der Waals surface area contributed by atoms with Gasteiger partial charge in [-0.15, -0.1) is 11.8 Å². The molecule has 2 aliphatic heterocycles. The molecule has 0 aliphatic carbocycles. The van der Waals surface area contributed by atoms with Gasteiger partial charge in [0.05, 0.1) is 27.8 Å². The predicted octanol–water partition coefficient (Wildman–Crippen LogP) is 5.27. The summed E-state index contributed by atoms with van der Waals surface area (Å²) in [4.78, 5) is 33.4. The lowest BCUT2D eigenvalue weighted by molar-refractivity contribution is -0.137. The van der Waals surface area contributed by atoms with Gasteiger partial charge < -0.3 is 14.5 Å². The molecule has 3 heterocycles. The number of nitrogens with zero attached hydrogens (tertiary/aromatic N) is 4. The molecular formula is C28H27F5N4O3S. The molecular weight excluding hydrogens is 567 g/mol. The van der Waals surface area contributed by atoms with Crippen LogP contribution in [0.1, 0.15) is 29.6 Å². The van der Waals surface area contributed by atoms with Crippen molar-refractivity contribution in [3.8, 4) is 11.1 Å². The summed E-state index contributed by atoms with van der Waals surface area (Å²) in [6.45, 7) is 6.79. The van der Waals surface area contributed by atoms with Crippen LogP contribution in [0.5, 0.6) is 0 Å².